The van der Waals surface area contributed by atoms with Crippen molar-refractivity contribution in [2.75, 3.05) is 43.9 Å². The number of hydrogen-bond acceptors (Lipinski definition) is 7. The minimum absolute atomic E-state index is 0.137. The van der Waals surface area contributed by atoms with E-state index in [1.54, 1.807) is 11.8 Å². The molecule has 28 heavy (non-hydrogen) atoms. The number of piperazine rings is 1. The van der Waals surface area contributed by atoms with Gasteiger partial charge in [0.25, 0.3) is 0 Å². The SMILES string of the molecule is CCC(Sc1ccc2ccccc2c1)c1nc(N)nc(N2CCN(C)CC2)n1. The van der Waals surface area contributed by atoms with Crippen LogP contribution >= 0.6 is 11.8 Å². The highest BCUT2D eigenvalue weighted by molar-refractivity contribution is 7.99. The van der Waals surface area contributed by atoms with Crippen molar-refractivity contribution in [3.05, 3.63) is 48.3 Å². The molecule has 1 unspecified atom stereocenters. The van der Waals surface area contributed by atoms with Crippen LogP contribution in [0.4, 0.5) is 11.9 Å². The smallest absolute Gasteiger partial charge is 0.230 e. The van der Waals surface area contributed by atoms with E-state index in [-0.39, 0.29) is 5.25 Å². The number of fused-ring (bicyclic) bond motifs is 1. The number of hydrogen-bond donors (Lipinski definition) is 1. The lowest BCUT2D eigenvalue weighted by Gasteiger charge is -2.32. The maximum Gasteiger partial charge on any atom is 0.230 e. The first-order valence-corrected chi connectivity index (χ1v) is 10.6. The summed E-state index contributed by atoms with van der Waals surface area (Å²) in [6.45, 7) is 5.99. The van der Waals surface area contributed by atoms with Gasteiger partial charge in [0.2, 0.25) is 11.9 Å². The van der Waals surface area contributed by atoms with Crippen molar-refractivity contribution < 1.29 is 0 Å². The van der Waals surface area contributed by atoms with Crippen LogP contribution in [0.25, 0.3) is 10.8 Å². The highest BCUT2D eigenvalue weighted by atomic mass is 32.2. The Hall–Kier alpha value is -2.38. The Morgan fingerprint density at radius 3 is 2.50 bits per heavy atom. The molecule has 2 N–H and O–H groups in total. The summed E-state index contributed by atoms with van der Waals surface area (Å²) in [6.07, 6.45) is 0.920. The first kappa shape index (κ1) is 19.0. The fourth-order valence-corrected chi connectivity index (χ4v) is 4.46. The summed E-state index contributed by atoms with van der Waals surface area (Å²) in [4.78, 5) is 19.4. The lowest BCUT2D eigenvalue weighted by atomic mass is 10.1. The van der Waals surface area contributed by atoms with Crippen LogP contribution in [0.1, 0.15) is 24.4 Å². The minimum atomic E-state index is 0.137. The third kappa shape index (κ3) is 4.20. The molecule has 0 bridgehead atoms. The number of nitrogens with zero attached hydrogens (tertiary/aromatic N) is 5. The summed E-state index contributed by atoms with van der Waals surface area (Å²) in [5.74, 6) is 1.77. The summed E-state index contributed by atoms with van der Waals surface area (Å²) in [6, 6.07) is 15.0. The van der Waals surface area contributed by atoms with E-state index in [9.17, 15) is 0 Å². The van der Waals surface area contributed by atoms with E-state index in [4.69, 9.17) is 10.7 Å². The molecule has 0 saturated carbocycles. The molecule has 0 spiro atoms. The number of thioether (sulfide) groups is 1. The molecular formula is C21H26N6S. The summed E-state index contributed by atoms with van der Waals surface area (Å²) in [5, 5.41) is 2.63. The first-order valence-electron chi connectivity index (χ1n) is 9.73. The van der Waals surface area contributed by atoms with E-state index in [2.05, 4.69) is 76.2 Å². The molecular weight excluding hydrogens is 368 g/mol. The Morgan fingerprint density at radius 2 is 1.75 bits per heavy atom. The maximum atomic E-state index is 6.05. The van der Waals surface area contributed by atoms with Gasteiger partial charge in [-0.05, 0) is 36.4 Å². The monoisotopic (exact) mass is 394 g/mol. The fourth-order valence-electron chi connectivity index (χ4n) is 3.41. The number of likely N-dealkylation sites (N-methyl/N-ethyl adjacent to an activating group) is 1. The number of benzene rings is 2. The van der Waals surface area contributed by atoms with Gasteiger partial charge in [0, 0.05) is 31.1 Å². The number of nitrogen functional groups attached to an aromatic ring is 1. The second-order valence-corrected chi connectivity index (χ2v) is 8.44. The van der Waals surface area contributed by atoms with Crippen molar-refractivity contribution in [3.63, 3.8) is 0 Å². The maximum absolute atomic E-state index is 6.05. The van der Waals surface area contributed by atoms with Crippen molar-refractivity contribution in [2.24, 2.45) is 0 Å². The lowest BCUT2D eigenvalue weighted by Crippen LogP contribution is -2.45. The molecule has 1 saturated heterocycles. The highest BCUT2D eigenvalue weighted by Crippen LogP contribution is 2.37. The second-order valence-electron chi connectivity index (χ2n) is 7.17. The van der Waals surface area contributed by atoms with Crippen molar-refractivity contribution in [3.8, 4) is 0 Å². The van der Waals surface area contributed by atoms with Crippen molar-refractivity contribution in [2.45, 2.75) is 23.5 Å². The van der Waals surface area contributed by atoms with Gasteiger partial charge in [-0.1, -0.05) is 37.3 Å². The average molecular weight is 395 g/mol. The van der Waals surface area contributed by atoms with Gasteiger partial charge in [0.05, 0.1) is 5.25 Å². The summed E-state index contributed by atoms with van der Waals surface area (Å²) in [7, 11) is 2.14. The van der Waals surface area contributed by atoms with Crippen LogP contribution in [0.5, 0.6) is 0 Å². The predicted molar refractivity (Wildman–Crippen MR) is 117 cm³/mol. The van der Waals surface area contributed by atoms with E-state index in [0.717, 1.165) is 38.4 Å². The summed E-state index contributed by atoms with van der Waals surface area (Å²) >= 11 is 1.79. The molecule has 7 heteroatoms. The Morgan fingerprint density at radius 1 is 1.00 bits per heavy atom. The quantitative estimate of drug-likeness (QED) is 0.663. The van der Waals surface area contributed by atoms with E-state index in [0.29, 0.717) is 11.9 Å². The minimum Gasteiger partial charge on any atom is -0.368 e. The van der Waals surface area contributed by atoms with Crippen LogP contribution in [0.15, 0.2) is 47.4 Å². The van der Waals surface area contributed by atoms with Gasteiger partial charge in [-0.3, -0.25) is 0 Å². The van der Waals surface area contributed by atoms with Crippen molar-refractivity contribution in [1.82, 2.24) is 19.9 Å². The topological polar surface area (TPSA) is 71.2 Å². The zero-order valence-corrected chi connectivity index (χ0v) is 17.2. The molecule has 2 aromatic carbocycles. The molecule has 4 rings (SSSR count). The van der Waals surface area contributed by atoms with Crippen LogP contribution in [0.2, 0.25) is 0 Å². The fraction of sp³-hybridized carbons (Fsp3) is 0.381. The van der Waals surface area contributed by atoms with E-state index in [1.807, 2.05) is 0 Å². The van der Waals surface area contributed by atoms with Crippen molar-refractivity contribution >= 4 is 34.4 Å². The van der Waals surface area contributed by atoms with Gasteiger partial charge in [-0.2, -0.15) is 15.0 Å². The van der Waals surface area contributed by atoms with Crippen LogP contribution in [0, 0.1) is 0 Å². The third-order valence-corrected chi connectivity index (χ3v) is 6.46. The van der Waals surface area contributed by atoms with Crippen LogP contribution in [-0.2, 0) is 0 Å². The average Bonchev–Trinajstić information content (AvgIpc) is 2.72. The van der Waals surface area contributed by atoms with Crippen LogP contribution in [-0.4, -0.2) is 53.1 Å². The molecule has 0 amide bonds. The van der Waals surface area contributed by atoms with Gasteiger partial charge in [0.15, 0.2) is 0 Å². The molecule has 0 radical (unpaired) electrons. The zero-order chi connectivity index (χ0) is 19.5. The van der Waals surface area contributed by atoms with Crippen LogP contribution in [0.3, 0.4) is 0 Å². The molecule has 146 valence electrons. The standard InChI is InChI=1S/C21H26N6S/c1-3-18(28-17-9-8-15-6-4-5-7-16(15)14-17)19-23-20(22)25-21(24-19)27-12-10-26(2)11-13-27/h4-9,14,18H,3,10-13H2,1-2H3,(H2,22,23,24,25). The highest BCUT2D eigenvalue weighted by Gasteiger charge is 2.21. The first-order chi connectivity index (χ1) is 13.6. The van der Waals surface area contributed by atoms with Gasteiger partial charge in [-0.25, -0.2) is 0 Å². The summed E-state index contributed by atoms with van der Waals surface area (Å²) in [5.41, 5.74) is 6.05. The van der Waals surface area contributed by atoms with E-state index in [1.165, 1.54) is 15.7 Å². The summed E-state index contributed by atoms with van der Waals surface area (Å²) < 4.78 is 0. The molecule has 1 atom stereocenters. The Kier molecular flexibility index (Phi) is 5.64. The van der Waals surface area contributed by atoms with E-state index >= 15 is 0 Å². The molecule has 1 fully saturated rings. The molecule has 1 aliphatic heterocycles. The molecule has 3 aromatic rings. The second kappa shape index (κ2) is 8.32. The lowest BCUT2D eigenvalue weighted by molar-refractivity contribution is 0.311. The molecule has 2 heterocycles. The van der Waals surface area contributed by atoms with E-state index < -0.39 is 0 Å². The van der Waals surface area contributed by atoms with Crippen molar-refractivity contribution in [1.29, 1.82) is 0 Å². The number of rotatable bonds is 5. The van der Waals surface area contributed by atoms with Gasteiger partial charge in [-0.15, -0.1) is 11.8 Å². The van der Waals surface area contributed by atoms with Gasteiger partial charge in [0.1, 0.15) is 5.82 Å². The number of nitrogens with two attached hydrogens (primary N) is 1. The number of anilines is 2. The zero-order valence-electron chi connectivity index (χ0n) is 16.4. The van der Waals surface area contributed by atoms with Gasteiger partial charge >= 0.3 is 0 Å². The molecule has 1 aromatic heterocycles. The predicted octanol–water partition coefficient (Wildman–Crippen LogP) is 3.60. The Labute approximate surface area is 170 Å². The van der Waals surface area contributed by atoms with Crippen LogP contribution < -0.4 is 10.6 Å². The molecule has 0 aliphatic carbocycles. The Bertz CT molecular complexity index is 955. The molecule has 6 nitrogen and oxygen atoms in total. The molecule has 1 aliphatic rings. The third-order valence-electron chi connectivity index (χ3n) is 5.10. The van der Waals surface area contributed by atoms with Gasteiger partial charge < -0.3 is 15.5 Å². The number of aromatic nitrogens is 3. The normalized spacial score (nSPS) is 16.4. The Balaban J connectivity index is 1.58. The largest absolute Gasteiger partial charge is 0.368 e.